The Morgan fingerprint density at radius 2 is 1.88 bits per heavy atom. The third-order valence-corrected chi connectivity index (χ3v) is 3.22. The zero-order valence-corrected chi connectivity index (χ0v) is 9.05. The maximum Gasteiger partial charge on any atom is 0.275 e. The van der Waals surface area contributed by atoms with Crippen LogP contribution < -0.4 is 11.3 Å². The van der Waals surface area contributed by atoms with Crippen molar-refractivity contribution in [2.45, 2.75) is 0 Å². The first-order valence-corrected chi connectivity index (χ1v) is 5.39. The Balaban J connectivity index is 2.31. The lowest BCUT2D eigenvalue weighted by Crippen LogP contribution is -2.29. The molecule has 1 aromatic carbocycles. The molecule has 0 atom stereocenters. The lowest BCUT2D eigenvalue weighted by atomic mass is 10.2. The van der Waals surface area contributed by atoms with Gasteiger partial charge in [0.1, 0.15) is 5.82 Å². The Hall–Kier alpha value is -1.72. The van der Waals surface area contributed by atoms with Crippen LogP contribution in [0.1, 0.15) is 9.67 Å². The second kappa shape index (κ2) is 4.42. The van der Waals surface area contributed by atoms with Gasteiger partial charge < -0.3 is 0 Å². The Kier molecular flexibility index (Phi) is 2.98. The maximum absolute atomic E-state index is 12.7. The molecule has 2 rings (SSSR count). The molecule has 0 aliphatic carbocycles. The first-order valence-electron chi connectivity index (χ1n) is 4.57. The highest BCUT2D eigenvalue weighted by atomic mass is 32.1. The van der Waals surface area contributed by atoms with Gasteiger partial charge in [0.2, 0.25) is 0 Å². The molecule has 0 aliphatic rings. The number of carbonyl (C=O) groups excluding carboxylic acids is 1. The predicted molar refractivity (Wildman–Crippen MR) is 61.4 cm³/mol. The molecule has 0 spiro atoms. The van der Waals surface area contributed by atoms with E-state index in [0.29, 0.717) is 4.88 Å². The van der Waals surface area contributed by atoms with Gasteiger partial charge in [0, 0.05) is 4.88 Å². The molecular weight excluding hydrogens is 227 g/mol. The Labute approximate surface area is 95.7 Å². The summed E-state index contributed by atoms with van der Waals surface area (Å²) in [5.74, 6) is 4.43. The third kappa shape index (κ3) is 2.10. The van der Waals surface area contributed by atoms with Gasteiger partial charge in [-0.2, -0.15) is 0 Å². The van der Waals surface area contributed by atoms with E-state index in [2.05, 4.69) is 5.43 Å². The van der Waals surface area contributed by atoms with E-state index in [9.17, 15) is 9.18 Å². The fraction of sp³-hybridized carbons (Fsp3) is 0. The van der Waals surface area contributed by atoms with Gasteiger partial charge in [-0.1, -0.05) is 12.1 Å². The topological polar surface area (TPSA) is 55.1 Å². The minimum Gasteiger partial charge on any atom is -0.289 e. The number of hydrogen-bond donors (Lipinski definition) is 2. The molecule has 0 radical (unpaired) electrons. The van der Waals surface area contributed by atoms with Gasteiger partial charge in [-0.15, -0.1) is 11.3 Å². The van der Waals surface area contributed by atoms with E-state index in [1.807, 2.05) is 6.07 Å². The summed E-state index contributed by atoms with van der Waals surface area (Å²) in [6.45, 7) is 0. The van der Waals surface area contributed by atoms with Crippen LogP contribution in [-0.2, 0) is 0 Å². The monoisotopic (exact) mass is 236 g/mol. The largest absolute Gasteiger partial charge is 0.289 e. The molecule has 0 saturated heterocycles. The standard InChI is InChI=1S/C11H9FN2OS/c12-8-3-1-7(2-4-8)9-5-6-10(16-9)11(15)14-13/h1-6H,13H2,(H,14,15). The molecule has 1 amide bonds. The van der Waals surface area contributed by atoms with Crippen molar-refractivity contribution in [1.82, 2.24) is 5.43 Å². The summed E-state index contributed by atoms with van der Waals surface area (Å²) in [5.41, 5.74) is 2.94. The van der Waals surface area contributed by atoms with Crippen LogP contribution in [0.3, 0.4) is 0 Å². The molecule has 82 valence electrons. The number of carbonyl (C=O) groups is 1. The second-order valence-corrected chi connectivity index (χ2v) is 4.23. The quantitative estimate of drug-likeness (QED) is 0.477. The van der Waals surface area contributed by atoms with Gasteiger partial charge >= 0.3 is 0 Å². The van der Waals surface area contributed by atoms with Crippen LogP contribution in [-0.4, -0.2) is 5.91 Å². The van der Waals surface area contributed by atoms with Crippen molar-refractivity contribution in [1.29, 1.82) is 0 Å². The molecule has 0 bridgehead atoms. The van der Waals surface area contributed by atoms with Gasteiger partial charge in [-0.3, -0.25) is 10.2 Å². The van der Waals surface area contributed by atoms with E-state index < -0.39 is 0 Å². The van der Waals surface area contributed by atoms with Crippen LogP contribution in [0, 0.1) is 5.82 Å². The molecule has 0 unspecified atom stereocenters. The number of thiophene rings is 1. The molecule has 5 heteroatoms. The number of halogens is 1. The first kappa shape index (κ1) is 10.8. The predicted octanol–water partition coefficient (Wildman–Crippen LogP) is 2.16. The summed E-state index contributed by atoms with van der Waals surface area (Å²) < 4.78 is 12.7. The summed E-state index contributed by atoms with van der Waals surface area (Å²) in [6, 6.07) is 9.61. The van der Waals surface area contributed by atoms with E-state index in [1.54, 1.807) is 18.2 Å². The zero-order chi connectivity index (χ0) is 11.5. The van der Waals surface area contributed by atoms with Gasteiger partial charge in [-0.05, 0) is 29.8 Å². The molecule has 3 nitrogen and oxygen atoms in total. The molecule has 3 N–H and O–H groups in total. The third-order valence-electron chi connectivity index (χ3n) is 2.09. The Bertz CT molecular complexity index is 507. The van der Waals surface area contributed by atoms with Gasteiger partial charge in [0.25, 0.3) is 5.91 Å². The zero-order valence-electron chi connectivity index (χ0n) is 8.24. The smallest absolute Gasteiger partial charge is 0.275 e. The highest BCUT2D eigenvalue weighted by Gasteiger charge is 2.08. The first-order chi connectivity index (χ1) is 7.70. The van der Waals surface area contributed by atoms with Crippen LogP contribution in [0.25, 0.3) is 10.4 Å². The molecule has 0 saturated carbocycles. The van der Waals surface area contributed by atoms with Crippen LogP contribution in [0.2, 0.25) is 0 Å². The highest BCUT2D eigenvalue weighted by molar-refractivity contribution is 7.17. The van der Waals surface area contributed by atoms with Gasteiger partial charge in [0.15, 0.2) is 0 Å². The van der Waals surface area contributed by atoms with Gasteiger partial charge in [0.05, 0.1) is 4.88 Å². The van der Waals surface area contributed by atoms with Crippen molar-refractivity contribution >= 4 is 17.2 Å². The van der Waals surface area contributed by atoms with E-state index in [1.165, 1.54) is 23.5 Å². The summed E-state index contributed by atoms with van der Waals surface area (Å²) in [6.07, 6.45) is 0. The summed E-state index contributed by atoms with van der Waals surface area (Å²) in [5, 5.41) is 0. The van der Waals surface area contributed by atoms with E-state index in [4.69, 9.17) is 5.84 Å². The van der Waals surface area contributed by atoms with Gasteiger partial charge in [-0.25, -0.2) is 10.2 Å². The molecule has 2 aromatic rings. The number of amides is 1. The van der Waals surface area contributed by atoms with Crippen molar-refractivity contribution in [3.05, 3.63) is 47.1 Å². The van der Waals surface area contributed by atoms with Crippen molar-refractivity contribution < 1.29 is 9.18 Å². The number of nitrogen functional groups attached to an aromatic ring is 1. The average Bonchev–Trinajstić information content (AvgIpc) is 2.78. The van der Waals surface area contributed by atoms with Crippen molar-refractivity contribution in [3.8, 4) is 10.4 Å². The number of nitrogens with two attached hydrogens (primary N) is 1. The van der Waals surface area contributed by atoms with E-state index in [-0.39, 0.29) is 11.7 Å². The number of hydrazine groups is 1. The Morgan fingerprint density at radius 1 is 1.19 bits per heavy atom. The molecular formula is C11H9FN2OS. The molecule has 0 aliphatic heterocycles. The van der Waals surface area contributed by atoms with Crippen molar-refractivity contribution in [2.75, 3.05) is 0 Å². The molecule has 1 heterocycles. The van der Waals surface area contributed by atoms with Crippen LogP contribution in [0.15, 0.2) is 36.4 Å². The summed E-state index contributed by atoms with van der Waals surface area (Å²) >= 11 is 1.31. The maximum atomic E-state index is 12.7. The number of benzene rings is 1. The van der Waals surface area contributed by atoms with E-state index in [0.717, 1.165) is 10.4 Å². The SMILES string of the molecule is NNC(=O)c1ccc(-c2ccc(F)cc2)s1. The number of rotatable bonds is 2. The average molecular weight is 236 g/mol. The number of nitrogens with one attached hydrogen (secondary N) is 1. The molecule has 16 heavy (non-hydrogen) atoms. The number of hydrogen-bond acceptors (Lipinski definition) is 3. The van der Waals surface area contributed by atoms with Crippen LogP contribution in [0.4, 0.5) is 4.39 Å². The van der Waals surface area contributed by atoms with Crippen LogP contribution in [0.5, 0.6) is 0 Å². The molecule has 1 aromatic heterocycles. The lowest BCUT2D eigenvalue weighted by Gasteiger charge is -1.96. The second-order valence-electron chi connectivity index (χ2n) is 3.14. The molecule has 0 fully saturated rings. The highest BCUT2D eigenvalue weighted by Crippen LogP contribution is 2.27. The fourth-order valence-electron chi connectivity index (χ4n) is 1.30. The lowest BCUT2D eigenvalue weighted by molar-refractivity contribution is 0.0957. The minimum absolute atomic E-state index is 0.278. The Morgan fingerprint density at radius 3 is 2.50 bits per heavy atom. The normalized spacial score (nSPS) is 10.1. The summed E-state index contributed by atoms with van der Waals surface area (Å²) in [7, 11) is 0. The minimum atomic E-state index is -0.321. The van der Waals surface area contributed by atoms with E-state index >= 15 is 0 Å². The fourth-order valence-corrected chi connectivity index (χ4v) is 2.21. The van der Waals surface area contributed by atoms with Crippen molar-refractivity contribution in [2.24, 2.45) is 5.84 Å². The van der Waals surface area contributed by atoms with Crippen LogP contribution >= 0.6 is 11.3 Å². The summed E-state index contributed by atoms with van der Waals surface area (Å²) in [4.78, 5) is 12.7. The van der Waals surface area contributed by atoms with Crippen molar-refractivity contribution in [3.63, 3.8) is 0 Å².